The first kappa shape index (κ1) is 19.0. The Balaban J connectivity index is 1.47. The molecule has 4 aliphatic carbocycles. The highest BCUT2D eigenvalue weighted by Crippen LogP contribution is 2.46. The highest BCUT2D eigenvalue weighted by Gasteiger charge is 2.53. The van der Waals surface area contributed by atoms with Gasteiger partial charge in [0.2, 0.25) is 5.91 Å². The molecule has 4 rings (SSSR count). The van der Waals surface area contributed by atoms with Crippen molar-refractivity contribution in [1.29, 1.82) is 0 Å². The van der Waals surface area contributed by atoms with Gasteiger partial charge in [0.25, 0.3) is 0 Å². The summed E-state index contributed by atoms with van der Waals surface area (Å²) in [5.41, 5.74) is -0.612. The van der Waals surface area contributed by atoms with E-state index in [9.17, 15) is 19.5 Å². The van der Waals surface area contributed by atoms with Gasteiger partial charge in [-0.25, -0.2) is 4.79 Å². The summed E-state index contributed by atoms with van der Waals surface area (Å²) < 4.78 is 5.36. The molecule has 2 saturated carbocycles. The van der Waals surface area contributed by atoms with Crippen LogP contribution >= 0.6 is 0 Å². The lowest BCUT2D eigenvalue weighted by Gasteiger charge is -2.32. The second-order valence-electron chi connectivity index (χ2n) is 9.49. The molecular weight excluding hydrogens is 360 g/mol. The molecular formula is C21H28N2O5. The van der Waals surface area contributed by atoms with Crippen molar-refractivity contribution in [3.63, 3.8) is 0 Å². The Kier molecular flexibility index (Phi) is 4.51. The summed E-state index contributed by atoms with van der Waals surface area (Å²) in [5, 5.41) is 15.5. The average Bonchev–Trinajstić information content (AvgIpc) is 3.32. The third-order valence-electron chi connectivity index (χ3n) is 6.50. The first-order valence-electron chi connectivity index (χ1n) is 10.0. The molecule has 152 valence electrons. The first-order chi connectivity index (χ1) is 13.1. The molecule has 0 spiro atoms. The highest BCUT2D eigenvalue weighted by atomic mass is 16.6. The smallest absolute Gasteiger partial charge is 0.407 e. The van der Waals surface area contributed by atoms with Crippen LogP contribution in [0.4, 0.5) is 4.79 Å². The Morgan fingerprint density at radius 3 is 1.89 bits per heavy atom. The molecule has 2 amide bonds. The van der Waals surface area contributed by atoms with E-state index in [1.807, 2.05) is 18.2 Å². The molecule has 7 nitrogen and oxygen atoms in total. The summed E-state index contributed by atoms with van der Waals surface area (Å²) in [7, 11) is 0. The van der Waals surface area contributed by atoms with Crippen LogP contribution in [-0.4, -0.2) is 40.8 Å². The Morgan fingerprint density at radius 2 is 1.36 bits per heavy atom. The molecule has 2 fully saturated rings. The van der Waals surface area contributed by atoms with Crippen molar-refractivity contribution in [2.75, 3.05) is 0 Å². The number of hydrogen-bond acceptors (Lipinski definition) is 4. The molecule has 3 N–H and O–H groups in total. The lowest BCUT2D eigenvalue weighted by molar-refractivity contribution is -0.143. The Labute approximate surface area is 164 Å². The number of carboxylic acid groups (broad SMARTS) is 1. The van der Waals surface area contributed by atoms with E-state index in [0.717, 1.165) is 12.8 Å². The molecule has 0 radical (unpaired) electrons. The summed E-state index contributed by atoms with van der Waals surface area (Å²) >= 11 is 0. The molecule has 4 aliphatic rings. The molecule has 0 saturated heterocycles. The van der Waals surface area contributed by atoms with Crippen LogP contribution in [0.3, 0.4) is 0 Å². The maximum Gasteiger partial charge on any atom is 0.407 e. The van der Waals surface area contributed by atoms with Gasteiger partial charge in [-0.2, -0.15) is 0 Å². The summed E-state index contributed by atoms with van der Waals surface area (Å²) in [5.74, 6) is -1.80. The van der Waals surface area contributed by atoms with Crippen molar-refractivity contribution in [3.05, 3.63) is 24.3 Å². The number of carbonyl (C=O) groups excluding carboxylic acids is 2. The topological polar surface area (TPSA) is 105 Å². The lowest BCUT2D eigenvalue weighted by atomic mass is 9.85. The van der Waals surface area contributed by atoms with Gasteiger partial charge in [-0.05, 0) is 57.3 Å². The second kappa shape index (κ2) is 6.64. The van der Waals surface area contributed by atoms with Gasteiger partial charge < -0.3 is 20.5 Å². The number of fused-ring (bicyclic) bond motifs is 4. The minimum atomic E-state index is -0.863. The van der Waals surface area contributed by atoms with Crippen LogP contribution in [0.2, 0.25) is 0 Å². The van der Waals surface area contributed by atoms with Gasteiger partial charge in [0, 0.05) is 6.04 Å². The molecule has 0 aromatic heterocycles. The van der Waals surface area contributed by atoms with E-state index < -0.39 is 29.5 Å². The number of carbonyl (C=O) groups is 3. The Bertz CT molecular complexity index is 752. The Morgan fingerprint density at radius 1 is 0.857 bits per heavy atom. The average molecular weight is 388 g/mol. The highest BCUT2D eigenvalue weighted by molar-refractivity contribution is 5.84. The van der Waals surface area contributed by atoms with E-state index in [-0.39, 0.29) is 41.7 Å². The van der Waals surface area contributed by atoms with E-state index in [1.54, 1.807) is 20.8 Å². The van der Waals surface area contributed by atoms with Crippen LogP contribution in [0.1, 0.15) is 33.6 Å². The largest absolute Gasteiger partial charge is 0.481 e. The number of allylic oxidation sites excluding steroid dienone is 2. The molecule has 0 aromatic rings. The zero-order chi connectivity index (χ0) is 20.2. The van der Waals surface area contributed by atoms with E-state index in [0.29, 0.717) is 0 Å². The van der Waals surface area contributed by atoms with Crippen molar-refractivity contribution >= 4 is 18.0 Å². The monoisotopic (exact) mass is 388 g/mol. The van der Waals surface area contributed by atoms with Gasteiger partial charge in [-0.3, -0.25) is 9.59 Å². The Hall–Kier alpha value is -2.31. The van der Waals surface area contributed by atoms with E-state index >= 15 is 0 Å². The van der Waals surface area contributed by atoms with Crippen molar-refractivity contribution in [3.8, 4) is 0 Å². The second-order valence-corrected chi connectivity index (χ2v) is 9.49. The fourth-order valence-electron chi connectivity index (χ4n) is 5.44. The molecule has 0 heterocycles. The van der Waals surface area contributed by atoms with Crippen LogP contribution in [0.5, 0.6) is 0 Å². The summed E-state index contributed by atoms with van der Waals surface area (Å²) in [6, 6.07) is -0.715. The number of aliphatic carboxylic acids is 1. The van der Waals surface area contributed by atoms with Gasteiger partial charge in [0.05, 0.1) is 17.9 Å². The van der Waals surface area contributed by atoms with Crippen LogP contribution < -0.4 is 10.6 Å². The van der Waals surface area contributed by atoms with Crippen molar-refractivity contribution in [2.24, 2.45) is 35.5 Å². The molecule has 7 heteroatoms. The normalized spacial score (nSPS) is 40.0. The fourth-order valence-corrected chi connectivity index (χ4v) is 5.44. The number of rotatable bonds is 4. The van der Waals surface area contributed by atoms with Crippen LogP contribution in [0.15, 0.2) is 24.3 Å². The number of carboxylic acids is 1. The molecule has 0 unspecified atom stereocenters. The molecule has 0 aromatic carbocycles. The standard InChI is InChI=1S/C21H28N2O5/c1-21(2,3)28-20(27)23-16-12-6-4-10(8-12)14(16)18(24)22-17-13-7-5-11(9-13)15(17)19(25)26/h4-7,10-17H,8-9H2,1-3H3,(H,22,24)(H,23,27)(H,25,26)/t10-,11+,12+,13-,14+,15-,16-,17+/m1/s1. The van der Waals surface area contributed by atoms with E-state index in [1.165, 1.54) is 0 Å². The zero-order valence-corrected chi connectivity index (χ0v) is 16.4. The van der Waals surface area contributed by atoms with Gasteiger partial charge in [0.15, 0.2) is 0 Å². The minimum absolute atomic E-state index is 0.0107. The predicted octanol–water partition coefficient (Wildman–Crippen LogP) is 2.09. The molecule has 0 aliphatic heterocycles. The van der Waals surface area contributed by atoms with Gasteiger partial charge in [-0.1, -0.05) is 24.3 Å². The summed E-state index contributed by atoms with van der Waals surface area (Å²) in [4.78, 5) is 37.1. The quantitative estimate of drug-likeness (QED) is 0.640. The summed E-state index contributed by atoms with van der Waals surface area (Å²) in [6.45, 7) is 5.39. The van der Waals surface area contributed by atoms with Crippen molar-refractivity contribution < 1.29 is 24.2 Å². The fraction of sp³-hybridized carbons (Fsp3) is 0.667. The maximum absolute atomic E-state index is 13.2. The SMILES string of the molecule is CC(C)(C)OC(=O)N[C@H]1[C@@H](C(=O)N[C@@H]2[C@H](C(=O)O)[C@H]3C=C[C@@H]2C3)[C@@H]2C=C[C@H]1C2. The van der Waals surface area contributed by atoms with Crippen LogP contribution in [-0.2, 0) is 14.3 Å². The predicted molar refractivity (Wildman–Crippen MR) is 101 cm³/mol. The third-order valence-corrected chi connectivity index (χ3v) is 6.50. The number of amides is 2. The molecule has 28 heavy (non-hydrogen) atoms. The number of nitrogens with one attached hydrogen (secondary N) is 2. The first-order valence-corrected chi connectivity index (χ1v) is 10.0. The number of hydrogen-bond donors (Lipinski definition) is 3. The lowest BCUT2D eigenvalue weighted by Crippen LogP contribution is -2.54. The van der Waals surface area contributed by atoms with Gasteiger partial charge in [0.1, 0.15) is 5.60 Å². The van der Waals surface area contributed by atoms with Gasteiger partial charge >= 0.3 is 12.1 Å². The summed E-state index contributed by atoms with van der Waals surface area (Å²) in [6.07, 6.45) is 9.14. The van der Waals surface area contributed by atoms with Crippen LogP contribution in [0, 0.1) is 35.5 Å². The number of ether oxygens (including phenoxy) is 1. The van der Waals surface area contributed by atoms with Crippen molar-refractivity contribution in [1.82, 2.24) is 10.6 Å². The van der Waals surface area contributed by atoms with Crippen LogP contribution in [0.25, 0.3) is 0 Å². The van der Waals surface area contributed by atoms with E-state index in [2.05, 4.69) is 16.7 Å². The minimum Gasteiger partial charge on any atom is -0.481 e. The number of alkyl carbamates (subject to hydrolysis) is 1. The van der Waals surface area contributed by atoms with Crippen molar-refractivity contribution in [2.45, 2.75) is 51.3 Å². The molecule has 4 bridgehead atoms. The van der Waals surface area contributed by atoms with Gasteiger partial charge in [-0.15, -0.1) is 0 Å². The third kappa shape index (κ3) is 3.31. The van der Waals surface area contributed by atoms with E-state index in [4.69, 9.17) is 4.74 Å². The maximum atomic E-state index is 13.2. The molecule has 8 atom stereocenters. The zero-order valence-electron chi connectivity index (χ0n) is 16.4.